The standard InChI is InChI=1S/C28H43N5O5S/c1-18(20-11-7-5-8-12-20)30-27(35)22-17-33(39(4,37)38)23-15-16-32(25(22)23)28(36)24(21-13-9-6-10-14-21)31-26(34)19(2)29-3/h5,7-8,11-12,18-19,21-25,29H,6,9-10,13-17H2,1-4H3,(H,30,35)(H,31,34)/t18-,19+,22-,23+,24-,25+/m0/s1. The van der Waals surface area contributed by atoms with Crippen molar-refractivity contribution in [3.05, 3.63) is 35.9 Å². The maximum atomic E-state index is 14.2. The second kappa shape index (κ2) is 12.3. The van der Waals surface area contributed by atoms with Crippen molar-refractivity contribution in [3.8, 4) is 0 Å². The summed E-state index contributed by atoms with van der Waals surface area (Å²) in [5, 5.41) is 8.99. The Morgan fingerprint density at radius 1 is 0.974 bits per heavy atom. The highest BCUT2D eigenvalue weighted by molar-refractivity contribution is 7.88. The van der Waals surface area contributed by atoms with Crippen molar-refractivity contribution in [2.45, 2.75) is 82.6 Å². The van der Waals surface area contributed by atoms with Crippen molar-refractivity contribution in [1.29, 1.82) is 0 Å². The molecular weight excluding hydrogens is 518 g/mol. The lowest BCUT2D eigenvalue weighted by molar-refractivity contribution is -0.141. The molecule has 0 spiro atoms. The van der Waals surface area contributed by atoms with Crippen LogP contribution in [0.5, 0.6) is 0 Å². The van der Waals surface area contributed by atoms with Gasteiger partial charge in [0.05, 0.1) is 30.3 Å². The molecule has 4 rings (SSSR count). The Hall–Kier alpha value is -2.50. The zero-order valence-corrected chi connectivity index (χ0v) is 24.2. The molecule has 216 valence electrons. The van der Waals surface area contributed by atoms with Crippen LogP contribution < -0.4 is 16.0 Å². The quantitative estimate of drug-likeness (QED) is 0.418. The van der Waals surface area contributed by atoms with E-state index in [1.54, 1.807) is 18.9 Å². The topological polar surface area (TPSA) is 128 Å². The minimum absolute atomic E-state index is 0.0103. The lowest BCUT2D eigenvalue weighted by atomic mass is 9.83. The summed E-state index contributed by atoms with van der Waals surface area (Å²) in [5.74, 6) is -1.42. The number of likely N-dealkylation sites (N-methyl/N-ethyl adjacent to an activating group) is 1. The molecule has 0 unspecified atom stereocenters. The van der Waals surface area contributed by atoms with Gasteiger partial charge in [-0.05, 0) is 51.6 Å². The molecule has 0 bridgehead atoms. The molecule has 3 amide bonds. The fourth-order valence-corrected chi connectivity index (χ4v) is 7.65. The summed E-state index contributed by atoms with van der Waals surface area (Å²) in [5.41, 5.74) is 0.943. The Balaban J connectivity index is 1.60. The molecule has 0 radical (unpaired) electrons. The second-order valence-electron chi connectivity index (χ2n) is 11.4. The Morgan fingerprint density at radius 3 is 2.26 bits per heavy atom. The van der Waals surface area contributed by atoms with Crippen LogP contribution in [0.3, 0.4) is 0 Å². The smallest absolute Gasteiger partial charge is 0.245 e. The number of nitrogens with one attached hydrogen (secondary N) is 3. The van der Waals surface area contributed by atoms with Gasteiger partial charge in [-0.25, -0.2) is 8.42 Å². The van der Waals surface area contributed by atoms with E-state index in [2.05, 4.69) is 16.0 Å². The summed E-state index contributed by atoms with van der Waals surface area (Å²) < 4.78 is 26.8. The summed E-state index contributed by atoms with van der Waals surface area (Å²) in [6.45, 7) is 4.02. The predicted octanol–water partition coefficient (Wildman–Crippen LogP) is 1.40. The molecular formula is C28H43N5O5S. The number of amides is 3. The van der Waals surface area contributed by atoms with E-state index >= 15 is 0 Å². The number of likely N-dealkylation sites (tertiary alicyclic amines) is 1. The molecule has 3 N–H and O–H groups in total. The first-order valence-corrected chi connectivity index (χ1v) is 16.0. The molecule has 2 heterocycles. The van der Waals surface area contributed by atoms with Crippen LogP contribution in [0.4, 0.5) is 0 Å². The van der Waals surface area contributed by atoms with Crippen molar-refractivity contribution in [2.24, 2.45) is 11.8 Å². The first-order valence-electron chi connectivity index (χ1n) is 14.1. The molecule has 6 atom stereocenters. The van der Waals surface area contributed by atoms with Crippen molar-refractivity contribution >= 4 is 27.7 Å². The molecule has 3 fully saturated rings. The maximum absolute atomic E-state index is 14.2. The number of carbonyl (C=O) groups excluding carboxylic acids is 3. The molecule has 2 saturated heterocycles. The Labute approximate surface area is 232 Å². The van der Waals surface area contributed by atoms with Crippen LogP contribution >= 0.6 is 0 Å². The van der Waals surface area contributed by atoms with Crippen LogP contribution in [0.15, 0.2) is 30.3 Å². The summed E-state index contributed by atoms with van der Waals surface area (Å²) in [4.78, 5) is 42.4. The van der Waals surface area contributed by atoms with E-state index in [1.807, 2.05) is 37.3 Å². The van der Waals surface area contributed by atoms with Gasteiger partial charge in [-0.15, -0.1) is 0 Å². The van der Waals surface area contributed by atoms with E-state index in [-0.39, 0.29) is 36.2 Å². The van der Waals surface area contributed by atoms with Crippen LogP contribution in [0.25, 0.3) is 0 Å². The van der Waals surface area contributed by atoms with Crippen LogP contribution in [0, 0.1) is 11.8 Å². The Kier molecular flexibility index (Phi) is 9.33. The lowest BCUT2D eigenvalue weighted by Crippen LogP contribution is -2.58. The third kappa shape index (κ3) is 6.47. The molecule has 0 aromatic heterocycles. The second-order valence-corrected chi connectivity index (χ2v) is 13.3. The van der Waals surface area contributed by atoms with E-state index in [0.29, 0.717) is 13.0 Å². The third-order valence-corrected chi connectivity index (χ3v) is 10.1. The van der Waals surface area contributed by atoms with Gasteiger partial charge in [-0.3, -0.25) is 14.4 Å². The molecule has 2 aliphatic heterocycles. The van der Waals surface area contributed by atoms with E-state index in [1.165, 1.54) is 4.31 Å². The Bertz CT molecular complexity index is 1140. The number of nitrogens with zero attached hydrogens (tertiary/aromatic N) is 2. The van der Waals surface area contributed by atoms with Gasteiger partial charge in [0, 0.05) is 19.1 Å². The number of benzene rings is 1. The van der Waals surface area contributed by atoms with E-state index in [4.69, 9.17) is 0 Å². The highest BCUT2D eigenvalue weighted by Crippen LogP contribution is 2.39. The van der Waals surface area contributed by atoms with Gasteiger partial charge < -0.3 is 20.9 Å². The van der Waals surface area contributed by atoms with Gasteiger partial charge >= 0.3 is 0 Å². The van der Waals surface area contributed by atoms with Crippen molar-refractivity contribution in [3.63, 3.8) is 0 Å². The van der Waals surface area contributed by atoms with Crippen LogP contribution in [0.1, 0.15) is 64.0 Å². The number of hydrogen-bond donors (Lipinski definition) is 3. The molecule has 10 nitrogen and oxygen atoms in total. The first kappa shape index (κ1) is 29.5. The fraction of sp³-hybridized carbons (Fsp3) is 0.679. The van der Waals surface area contributed by atoms with E-state index < -0.39 is 40.1 Å². The molecule has 1 aromatic carbocycles. The zero-order valence-electron chi connectivity index (χ0n) is 23.4. The summed E-state index contributed by atoms with van der Waals surface area (Å²) >= 11 is 0. The number of carbonyl (C=O) groups is 3. The fourth-order valence-electron chi connectivity index (χ4n) is 6.49. The van der Waals surface area contributed by atoms with Gasteiger partial charge in [0.2, 0.25) is 27.7 Å². The van der Waals surface area contributed by atoms with Crippen molar-refractivity contribution < 1.29 is 22.8 Å². The molecule has 39 heavy (non-hydrogen) atoms. The van der Waals surface area contributed by atoms with Gasteiger partial charge in [-0.1, -0.05) is 49.6 Å². The van der Waals surface area contributed by atoms with Crippen LogP contribution in [-0.4, -0.2) is 85.9 Å². The number of sulfonamides is 1. The highest BCUT2D eigenvalue weighted by Gasteiger charge is 2.56. The normalized spacial score (nSPS) is 26.5. The maximum Gasteiger partial charge on any atom is 0.245 e. The van der Waals surface area contributed by atoms with E-state index in [0.717, 1.165) is 43.9 Å². The lowest BCUT2D eigenvalue weighted by Gasteiger charge is -2.36. The summed E-state index contributed by atoms with van der Waals surface area (Å²) in [7, 11) is -1.89. The largest absolute Gasteiger partial charge is 0.349 e. The average Bonchev–Trinajstić information content (AvgIpc) is 3.52. The molecule has 1 aliphatic carbocycles. The number of hydrogen-bond acceptors (Lipinski definition) is 6. The molecule has 1 saturated carbocycles. The minimum atomic E-state index is -3.59. The van der Waals surface area contributed by atoms with Crippen LogP contribution in [0.2, 0.25) is 0 Å². The van der Waals surface area contributed by atoms with Gasteiger partial charge in [0.15, 0.2) is 0 Å². The van der Waals surface area contributed by atoms with Gasteiger partial charge in [-0.2, -0.15) is 4.31 Å². The SMILES string of the molecule is CN[C@H](C)C(=O)N[C@H](C(=O)N1CC[C@@H]2[C@H]1[C@@H](C(=O)N[C@@H](C)c1ccccc1)CN2S(C)(=O)=O)C1CCCCC1. The average molecular weight is 562 g/mol. The number of fused-ring (bicyclic) bond motifs is 1. The minimum Gasteiger partial charge on any atom is -0.349 e. The molecule has 3 aliphatic rings. The molecule has 11 heteroatoms. The van der Waals surface area contributed by atoms with Crippen molar-refractivity contribution in [1.82, 2.24) is 25.2 Å². The van der Waals surface area contributed by atoms with Gasteiger partial charge in [0.25, 0.3) is 0 Å². The highest BCUT2D eigenvalue weighted by atomic mass is 32.2. The number of rotatable bonds is 9. The third-order valence-electron chi connectivity index (χ3n) is 8.79. The Morgan fingerprint density at radius 2 is 1.64 bits per heavy atom. The van der Waals surface area contributed by atoms with E-state index in [9.17, 15) is 22.8 Å². The zero-order chi connectivity index (χ0) is 28.3. The molecule has 1 aromatic rings. The summed E-state index contributed by atoms with van der Waals surface area (Å²) in [6.07, 6.45) is 6.43. The monoisotopic (exact) mass is 561 g/mol. The predicted molar refractivity (Wildman–Crippen MR) is 149 cm³/mol. The first-order chi connectivity index (χ1) is 18.5. The summed E-state index contributed by atoms with van der Waals surface area (Å²) in [6, 6.07) is 7.09. The van der Waals surface area contributed by atoms with Crippen LogP contribution in [-0.2, 0) is 24.4 Å². The van der Waals surface area contributed by atoms with Gasteiger partial charge in [0.1, 0.15) is 6.04 Å². The van der Waals surface area contributed by atoms with Crippen molar-refractivity contribution in [2.75, 3.05) is 26.4 Å².